The van der Waals surface area contributed by atoms with Crippen molar-refractivity contribution in [3.05, 3.63) is 103 Å². The Labute approximate surface area is 258 Å². The monoisotopic (exact) mass is 610 g/mol. The van der Waals surface area contributed by atoms with E-state index in [-0.39, 0.29) is 17.3 Å². The number of carbonyl (C=O) groups is 2. The summed E-state index contributed by atoms with van der Waals surface area (Å²) in [6.07, 6.45) is 2.49. The first-order chi connectivity index (χ1) is 21.4. The molecule has 5 aromatic rings. The lowest BCUT2D eigenvalue weighted by Crippen LogP contribution is -2.35. The molecule has 1 aliphatic rings. The van der Waals surface area contributed by atoms with E-state index < -0.39 is 17.1 Å². The van der Waals surface area contributed by atoms with E-state index in [9.17, 15) is 9.59 Å². The van der Waals surface area contributed by atoms with Gasteiger partial charge in [-0.25, -0.2) is 4.39 Å². The molecule has 10 heteroatoms. The molecule has 44 heavy (non-hydrogen) atoms. The normalized spacial score (nSPS) is 13.4. The number of para-hydroxylation sites is 1. The number of aromatic nitrogens is 1. The third-order valence-electron chi connectivity index (χ3n) is 7.46. The van der Waals surface area contributed by atoms with Crippen molar-refractivity contribution in [1.82, 2.24) is 10.3 Å². The van der Waals surface area contributed by atoms with Crippen molar-refractivity contribution < 1.29 is 23.5 Å². The summed E-state index contributed by atoms with van der Waals surface area (Å²) in [4.78, 5) is 31.4. The molecular weight excluding hydrogens is 579 g/mol. The highest BCUT2D eigenvalue weighted by molar-refractivity contribution is 7.22. The van der Waals surface area contributed by atoms with Gasteiger partial charge in [-0.15, -0.1) is 11.3 Å². The van der Waals surface area contributed by atoms with Gasteiger partial charge in [-0.1, -0.05) is 36.4 Å². The maximum Gasteiger partial charge on any atom is 0.240 e. The molecule has 1 saturated carbocycles. The molecule has 224 valence electrons. The van der Waals surface area contributed by atoms with Crippen molar-refractivity contribution in [3.8, 4) is 21.9 Å². The first-order valence-corrected chi connectivity index (χ1v) is 15.1. The Hall–Kier alpha value is -4.64. The lowest BCUT2D eigenvalue weighted by molar-refractivity contribution is -0.131. The van der Waals surface area contributed by atoms with Crippen LogP contribution in [0, 0.1) is 11.2 Å². The molecule has 1 aliphatic carbocycles. The van der Waals surface area contributed by atoms with E-state index in [0.29, 0.717) is 30.9 Å². The van der Waals surface area contributed by atoms with Gasteiger partial charge >= 0.3 is 0 Å². The molecule has 0 saturated heterocycles. The maximum absolute atomic E-state index is 15.2. The molecule has 6 rings (SSSR count). The minimum atomic E-state index is -1.17. The smallest absolute Gasteiger partial charge is 0.240 e. The molecule has 2 aromatic heterocycles. The molecule has 0 spiro atoms. The van der Waals surface area contributed by atoms with Crippen LogP contribution in [0.25, 0.3) is 20.7 Å². The van der Waals surface area contributed by atoms with Gasteiger partial charge in [-0.2, -0.15) is 0 Å². The van der Waals surface area contributed by atoms with Crippen LogP contribution in [0.2, 0.25) is 0 Å². The van der Waals surface area contributed by atoms with E-state index in [1.54, 1.807) is 49.7 Å². The van der Waals surface area contributed by atoms with Crippen molar-refractivity contribution >= 4 is 44.7 Å². The Kier molecular flexibility index (Phi) is 8.65. The fourth-order valence-corrected chi connectivity index (χ4v) is 5.93. The number of rotatable bonds is 12. The summed E-state index contributed by atoms with van der Waals surface area (Å²) in [5, 5.41) is 8.86. The number of pyridine rings is 1. The van der Waals surface area contributed by atoms with Gasteiger partial charge in [0, 0.05) is 54.8 Å². The highest BCUT2D eigenvalue weighted by Crippen LogP contribution is 2.48. The van der Waals surface area contributed by atoms with Crippen molar-refractivity contribution in [2.24, 2.45) is 5.41 Å². The van der Waals surface area contributed by atoms with E-state index in [1.165, 1.54) is 23.5 Å². The predicted molar refractivity (Wildman–Crippen MR) is 170 cm³/mol. The minimum Gasteiger partial charge on any atom is -0.453 e. The fraction of sp³-hybridized carbons (Fsp3) is 0.206. The van der Waals surface area contributed by atoms with Gasteiger partial charge in [0.1, 0.15) is 11.2 Å². The number of benzene rings is 3. The van der Waals surface area contributed by atoms with E-state index >= 15 is 4.39 Å². The third kappa shape index (κ3) is 6.47. The van der Waals surface area contributed by atoms with E-state index in [4.69, 9.17) is 9.47 Å². The first-order valence-electron chi connectivity index (χ1n) is 14.3. The summed E-state index contributed by atoms with van der Waals surface area (Å²) in [5.41, 5.74) is 2.65. The fourth-order valence-electron chi connectivity index (χ4n) is 4.86. The van der Waals surface area contributed by atoms with Crippen LogP contribution in [0.1, 0.15) is 18.4 Å². The van der Waals surface area contributed by atoms with Crippen LogP contribution in [0.4, 0.5) is 15.8 Å². The molecule has 2 heterocycles. The number of anilines is 2. The van der Waals surface area contributed by atoms with Crippen LogP contribution in [0.15, 0.2) is 91.1 Å². The molecule has 0 unspecified atom stereocenters. The number of ether oxygens (including phenoxy) is 2. The molecule has 8 nitrogen and oxygen atoms in total. The average molecular weight is 611 g/mol. The Bertz CT molecular complexity index is 1810. The van der Waals surface area contributed by atoms with Crippen molar-refractivity contribution in [2.75, 3.05) is 30.9 Å². The van der Waals surface area contributed by atoms with E-state index in [1.807, 2.05) is 24.3 Å². The standard InChI is InChI=1S/C34H31FN4O4S/c1-42-17-16-36-21-22-6-5-7-23(18-22)30-20-27-31(44-30)29(12-15-37-27)43-28-11-10-25(19-26(28)35)39-33(41)34(13-14-34)32(40)38-24-8-3-2-4-9-24/h2-12,15,18-20,36H,13-14,16-17,21H2,1H3,(H,38,40)(H,39,41). The number of carbonyl (C=O) groups excluding carboxylic acids is 2. The number of hydrogen-bond acceptors (Lipinski definition) is 7. The topological polar surface area (TPSA) is 102 Å². The number of methoxy groups -OCH3 is 1. The van der Waals surface area contributed by atoms with Crippen LogP contribution in [0.5, 0.6) is 11.5 Å². The zero-order chi connectivity index (χ0) is 30.5. The van der Waals surface area contributed by atoms with Gasteiger partial charge < -0.3 is 25.4 Å². The summed E-state index contributed by atoms with van der Waals surface area (Å²) < 4.78 is 27.1. The second-order valence-corrected chi connectivity index (χ2v) is 11.7. The summed E-state index contributed by atoms with van der Waals surface area (Å²) in [6, 6.07) is 25.2. The van der Waals surface area contributed by atoms with E-state index in [0.717, 1.165) is 39.3 Å². The summed E-state index contributed by atoms with van der Waals surface area (Å²) >= 11 is 1.52. The zero-order valence-corrected chi connectivity index (χ0v) is 24.9. The number of nitrogens with one attached hydrogen (secondary N) is 3. The number of thiophene rings is 1. The second kappa shape index (κ2) is 12.9. The van der Waals surface area contributed by atoms with Crippen LogP contribution >= 0.6 is 11.3 Å². The molecule has 3 N–H and O–H groups in total. The Balaban J connectivity index is 1.14. The number of fused-ring (bicyclic) bond motifs is 1. The molecule has 0 radical (unpaired) electrons. The Morgan fingerprint density at radius 1 is 0.909 bits per heavy atom. The largest absolute Gasteiger partial charge is 0.453 e. The number of halogens is 1. The number of nitrogens with zero attached hydrogens (tertiary/aromatic N) is 1. The van der Waals surface area contributed by atoms with Crippen molar-refractivity contribution in [2.45, 2.75) is 19.4 Å². The van der Waals surface area contributed by atoms with Crippen LogP contribution in [-0.4, -0.2) is 37.1 Å². The summed E-state index contributed by atoms with van der Waals surface area (Å²) in [6.45, 7) is 2.15. The maximum atomic E-state index is 15.2. The lowest BCUT2D eigenvalue weighted by atomic mass is 10.0. The molecule has 0 bridgehead atoms. The molecular formula is C34H31FN4O4S. The SMILES string of the molecule is COCCNCc1cccc(-c2cc3nccc(Oc4ccc(NC(=O)C5(C(=O)Nc6ccccc6)CC5)cc4F)c3s2)c1. The second-order valence-electron chi connectivity index (χ2n) is 10.6. The van der Waals surface area contributed by atoms with Gasteiger partial charge in [-0.05, 0) is 60.4 Å². The Morgan fingerprint density at radius 2 is 1.70 bits per heavy atom. The van der Waals surface area contributed by atoms with Crippen molar-refractivity contribution in [1.29, 1.82) is 0 Å². The van der Waals surface area contributed by atoms with Crippen molar-refractivity contribution in [3.63, 3.8) is 0 Å². The summed E-state index contributed by atoms with van der Waals surface area (Å²) in [7, 11) is 1.68. The van der Waals surface area contributed by atoms with Crippen LogP contribution < -0.4 is 20.7 Å². The van der Waals surface area contributed by atoms with Gasteiger partial charge in [0.25, 0.3) is 0 Å². The first kappa shape index (κ1) is 29.4. The molecule has 0 atom stereocenters. The quantitative estimate of drug-likeness (QED) is 0.104. The van der Waals surface area contributed by atoms with Gasteiger partial charge in [0.05, 0.1) is 16.8 Å². The molecule has 1 fully saturated rings. The third-order valence-corrected chi connectivity index (χ3v) is 8.65. The molecule has 0 aliphatic heterocycles. The van der Waals surface area contributed by atoms with Crippen LogP contribution in [0.3, 0.4) is 0 Å². The lowest BCUT2D eigenvalue weighted by Gasteiger charge is -2.16. The summed E-state index contributed by atoms with van der Waals surface area (Å²) in [5.74, 6) is -0.983. The Morgan fingerprint density at radius 3 is 2.45 bits per heavy atom. The zero-order valence-electron chi connectivity index (χ0n) is 24.1. The van der Waals surface area contributed by atoms with Gasteiger partial charge in [0.15, 0.2) is 11.6 Å². The number of amides is 2. The average Bonchev–Trinajstić information content (AvgIpc) is 3.74. The predicted octanol–water partition coefficient (Wildman–Crippen LogP) is 6.99. The minimum absolute atomic E-state index is 0.0116. The van der Waals surface area contributed by atoms with Gasteiger partial charge in [0.2, 0.25) is 11.8 Å². The van der Waals surface area contributed by atoms with Gasteiger partial charge in [-0.3, -0.25) is 14.6 Å². The molecule has 2 amide bonds. The van der Waals surface area contributed by atoms with Crippen LogP contribution in [-0.2, 0) is 20.9 Å². The van der Waals surface area contributed by atoms with E-state index in [2.05, 4.69) is 33.1 Å². The highest BCUT2D eigenvalue weighted by Gasteiger charge is 2.56. The number of hydrogen-bond donors (Lipinski definition) is 3. The molecule has 3 aromatic carbocycles. The highest BCUT2D eigenvalue weighted by atomic mass is 32.1.